The fourth-order valence-electron chi connectivity index (χ4n) is 2.51. The Hall–Kier alpha value is -1.66. The SMILES string of the molecule is O=C(CC1CCCC1)NC(=S)NNC(=O)c1ccccc1Cl. The number of thiocarbonyl (C=S) groups is 1. The minimum atomic E-state index is -0.419. The van der Waals surface area contributed by atoms with Crippen LogP contribution < -0.4 is 16.2 Å². The third-order valence-electron chi connectivity index (χ3n) is 3.61. The van der Waals surface area contributed by atoms with Crippen molar-refractivity contribution in [3.05, 3.63) is 34.9 Å². The summed E-state index contributed by atoms with van der Waals surface area (Å²) >= 11 is 10.9. The number of rotatable bonds is 3. The number of halogens is 1. The monoisotopic (exact) mass is 339 g/mol. The van der Waals surface area contributed by atoms with Crippen molar-refractivity contribution < 1.29 is 9.59 Å². The van der Waals surface area contributed by atoms with Gasteiger partial charge in [-0.25, -0.2) is 0 Å². The molecular formula is C15H18ClN3O2S. The molecule has 0 aromatic heterocycles. The lowest BCUT2D eigenvalue weighted by Crippen LogP contribution is -2.48. The minimum Gasteiger partial charge on any atom is -0.302 e. The number of carbonyl (C=O) groups is 2. The Labute approximate surface area is 139 Å². The molecule has 7 heteroatoms. The van der Waals surface area contributed by atoms with Crippen LogP contribution in [0.25, 0.3) is 0 Å². The zero-order valence-corrected chi connectivity index (χ0v) is 13.6. The van der Waals surface area contributed by atoms with E-state index in [9.17, 15) is 9.59 Å². The number of hydrogen-bond acceptors (Lipinski definition) is 3. The summed E-state index contributed by atoms with van der Waals surface area (Å²) in [5, 5.41) is 2.98. The third-order valence-corrected chi connectivity index (χ3v) is 4.14. The number of hydrazine groups is 1. The maximum absolute atomic E-state index is 11.9. The van der Waals surface area contributed by atoms with Crippen LogP contribution in [0.5, 0.6) is 0 Å². The molecule has 22 heavy (non-hydrogen) atoms. The number of hydrogen-bond donors (Lipinski definition) is 3. The van der Waals surface area contributed by atoms with E-state index < -0.39 is 5.91 Å². The molecule has 0 unspecified atom stereocenters. The first-order valence-corrected chi connectivity index (χ1v) is 7.99. The average Bonchev–Trinajstić information content (AvgIpc) is 2.98. The van der Waals surface area contributed by atoms with Gasteiger partial charge in [-0.05, 0) is 43.1 Å². The van der Waals surface area contributed by atoms with Crippen molar-refractivity contribution in [2.24, 2.45) is 5.92 Å². The quantitative estimate of drug-likeness (QED) is 0.584. The minimum absolute atomic E-state index is 0.0726. The topological polar surface area (TPSA) is 70.2 Å². The predicted molar refractivity (Wildman–Crippen MR) is 89.4 cm³/mol. The van der Waals surface area contributed by atoms with Gasteiger partial charge in [-0.3, -0.25) is 20.4 Å². The molecule has 0 spiro atoms. The van der Waals surface area contributed by atoms with Gasteiger partial charge in [0.25, 0.3) is 5.91 Å². The van der Waals surface area contributed by atoms with Gasteiger partial charge in [0.1, 0.15) is 0 Å². The van der Waals surface area contributed by atoms with Gasteiger partial charge in [0.05, 0.1) is 10.6 Å². The van der Waals surface area contributed by atoms with E-state index in [1.54, 1.807) is 24.3 Å². The van der Waals surface area contributed by atoms with Crippen molar-refractivity contribution in [3.63, 3.8) is 0 Å². The molecule has 1 fully saturated rings. The van der Waals surface area contributed by atoms with E-state index >= 15 is 0 Å². The van der Waals surface area contributed by atoms with E-state index in [-0.39, 0.29) is 11.0 Å². The zero-order valence-electron chi connectivity index (χ0n) is 12.0. The molecule has 0 saturated heterocycles. The average molecular weight is 340 g/mol. The molecule has 2 amide bonds. The second-order valence-corrected chi connectivity index (χ2v) is 6.11. The standard InChI is InChI=1S/C15H18ClN3O2S/c16-12-8-4-3-7-11(12)14(21)18-19-15(22)17-13(20)9-10-5-1-2-6-10/h3-4,7-8,10H,1-2,5-6,9H2,(H,18,21)(H2,17,19,20,22). The molecule has 3 N–H and O–H groups in total. The Morgan fingerprint density at radius 1 is 1.18 bits per heavy atom. The Bertz CT molecular complexity index is 574. The lowest BCUT2D eigenvalue weighted by molar-refractivity contribution is -0.120. The number of nitrogens with one attached hydrogen (secondary N) is 3. The molecule has 0 heterocycles. The summed E-state index contributed by atoms with van der Waals surface area (Å²) in [4.78, 5) is 23.7. The highest BCUT2D eigenvalue weighted by Gasteiger charge is 2.19. The van der Waals surface area contributed by atoms with Crippen LogP contribution >= 0.6 is 23.8 Å². The first-order valence-electron chi connectivity index (χ1n) is 7.21. The van der Waals surface area contributed by atoms with Crippen LogP contribution in [0.15, 0.2) is 24.3 Å². The van der Waals surface area contributed by atoms with Crippen molar-refractivity contribution in [2.45, 2.75) is 32.1 Å². The molecule has 0 atom stereocenters. The largest absolute Gasteiger partial charge is 0.302 e. The lowest BCUT2D eigenvalue weighted by Gasteiger charge is -2.13. The molecule has 0 aliphatic heterocycles. The van der Waals surface area contributed by atoms with Crippen LogP contribution in [-0.4, -0.2) is 16.9 Å². The fraction of sp³-hybridized carbons (Fsp3) is 0.400. The van der Waals surface area contributed by atoms with Crippen LogP contribution in [0.4, 0.5) is 0 Å². The molecule has 0 bridgehead atoms. The van der Waals surface area contributed by atoms with Crippen molar-refractivity contribution in [3.8, 4) is 0 Å². The summed E-state index contributed by atoms with van der Waals surface area (Å²) in [7, 11) is 0. The maximum atomic E-state index is 11.9. The van der Waals surface area contributed by atoms with Gasteiger partial charge in [-0.15, -0.1) is 0 Å². The van der Waals surface area contributed by atoms with Crippen LogP contribution in [0.2, 0.25) is 5.02 Å². The van der Waals surface area contributed by atoms with E-state index in [1.165, 1.54) is 12.8 Å². The molecule has 2 rings (SSSR count). The molecule has 0 radical (unpaired) electrons. The van der Waals surface area contributed by atoms with Gasteiger partial charge >= 0.3 is 0 Å². The third kappa shape index (κ3) is 4.96. The van der Waals surface area contributed by atoms with E-state index in [1.807, 2.05) is 0 Å². The van der Waals surface area contributed by atoms with Crippen LogP contribution in [0.1, 0.15) is 42.5 Å². The van der Waals surface area contributed by atoms with Gasteiger partial charge in [0, 0.05) is 6.42 Å². The van der Waals surface area contributed by atoms with Gasteiger partial charge in [0.15, 0.2) is 5.11 Å². The van der Waals surface area contributed by atoms with E-state index in [0.29, 0.717) is 22.9 Å². The molecule has 1 aliphatic carbocycles. The molecule has 1 aliphatic rings. The first-order chi connectivity index (χ1) is 10.6. The number of amides is 2. The highest BCUT2D eigenvalue weighted by molar-refractivity contribution is 7.80. The van der Waals surface area contributed by atoms with E-state index in [2.05, 4.69) is 16.2 Å². The van der Waals surface area contributed by atoms with Crippen LogP contribution in [0, 0.1) is 5.92 Å². The van der Waals surface area contributed by atoms with Gasteiger partial charge < -0.3 is 5.32 Å². The van der Waals surface area contributed by atoms with Gasteiger partial charge in [-0.2, -0.15) is 0 Å². The second kappa shape index (κ2) is 8.10. The van der Waals surface area contributed by atoms with Crippen molar-refractivity contribution in [2.75, 3.05) is 0 Å². The first kappa shape index (κ1) is 16.7. The summed E-state index contributed by atoms with van der Waals surface area (Å²) in [5.74, 6) is -0.102. The molecule has 5 nitrogen and oxygen atoms in total. The van der Waals surface area contributed by atoms with Crippen molar-refractivity contribution in [1.29, 1.82) is 0 Å². The number of carbonyl (C=O) groups excluding carboxylic acids is 2. The normalized spacial score (nSPS) is 14.4. The summed E-state index contributed by atoms with van der Waals surface area (Å²) in [6.45, 7) is 0. The Morgan fingerprint density at radius 2 is 1.86 bits per heavy atom. The Balaban J connectivity index is 1.74. The molecule has 1 aromatic rings. The lowest BCUT2D eigenvalue weighted by atomic mass is 10.0. The second-order valence-electron chi connectivity index (χ2n) is 5.29. The van der Waals surface area contributed by atoms with Gasteiger partial charge in [-0.1, -0.05) is 36.6 Å². The molecule has 1 saturated carbocycles. The summed E-state index contributed by atoms with van der Waals surface area (Å²) in [6.07, 6.45) is 5.04. The summed E-state index contributed by atoms with van der Waals surface area (Å²) < 4.78 is 0. The maximum Gasteiger partial charge on any atom is 0.271 e. The highest BCUT2D eigenvalue weighted by atomic mass is 35.5. The van der Waals surface area contributed by atoms with Gasteiger partial charge in [0.2, 0.25) is 5.91 Å². The van der Waals surface area contributed by atoms with Crippen LogP contribution in [0.3, 0.4) is 0 Å². The van der Waals surface area contributed by atoms with Crippen molar-refractivity contribution in [1.82, 2.24) is 16.2 Å². The Morgan fingerprint density at radius 3 is 2.55 bits per heavy atom. The molecule has 1 aromatic carbocycles. The smallest absolute Gasteiger partial charge is 0.271 e. The summed E-state index contributed by atoms with van der Waals surface area (Å²) in [6, 6.07) is 6.67. The molecular weight excluding hydrogens is 322 g/mol. The van der Waals surface area contributed by atoms with Crippen LogP contribution in [-0.2, 0) is 4.79 Å². The zero-order chi connectivity index (χ0) is 15.9. The fourth-order valence-corrected chi connectivity index (χ4v) is 2.90. The highest BCUT2D eigenvalue weighted by Crippen LogP contribution is 2.27. The Kier molecular flexibility index (Phi) is 6.15. The predicted octanol–water partition coefficient (Wildman–Crippen LogP) is 2.56. The van der Waals surface area contributed by atoms with E-state index in [0.717, 1.165) is 12.8 Å². The summed E-state index contributed by atoms with van der Waals surface area (Å²) in [5.41, 5.74) is 5.24. The number of benzene rings is 1. The van der Waals surface area contributed by atoms with E-state index in [4.69, 9.17) is 23.8 Å². The van der Waals surface area contributed by atoms with Crippen molar-refractivity contribution >= 4 is 40.7 Å². The molecule has 118 valence electrons.